The molecule has 2 aromatic rings. The van der Waals surface area contributed by atoms with Crippen molar-refractivity contribution in [3.63, 3.8) is 0 Å². The molecule has 2 rings (SSSR count). The zero-order valence-electron chi connectivity index (χ0n) is 12.4. The highest BCUT2D eigenvalue weighted by Crippen LogP contribution is 2.27. The van der Waals surface area contributed by atoms with Crippen LogP contribution in [-0.2, 0) is 6.54 Å². The molecule has 0 spiro atoms. The van der Waals surface area contributed by atoms with Gasteiger partial charge in [-0.3, -0.25) is 4.79 Å². The maximum Gasteiger partial charge on any atom is 0.265 e. The summed E-state index contributed by atoms with van der Waals surface area (Å²) in [5.74, 6) is 0.758. The number of aromatic nitrogens is 3. The van der Waals surface area contributed by atoms with Gasteiger partial charge in [-0.1, -0.05) is 16.5 Å². The van der Waals surface area contributed by atoms with Gasteiger partial charge in [0.05, 0.1) is 6.54 Å². The monoisotopic (exact) mass is 310 g/mol. The van der Waals surface area contributed by atoms with Gasteiger partial charge in [-0.2, -0.15) is 4.98 Å². The third-order valence-corrected chi connectivity index (χ3v) is 3.30. The summed E-state index contributed by atoms with van der Waals surface area (Å²) in [5.41, 5.74) is 5.63. The largest absolute Gasteiger partial charge is 0.382 e. The van der Waals surface area contributed by atoms with Crippen LogP contribution in [0.4, 0.5) is 10.9 Å². The summed E-state index contributed by atoms with van der Waals surface area (Å²) in [6.07, 6.45) is 0. The number of hydrogen-bond donors (Lipinski definition) is 3. The Balaban J connectivity index is 2.02. The molecule has 0 aromatic carbocycles. The van der Waals surface area contributed by atoms with Crippen molar-refractivity contribution < 1.29 is 9.32 Å². The van der Waals surface area contributed by atoms with Crippen LogP contribution in [-0.4, -0.2) is 26.6 Å². The summed E-state index contributed by atoms with van der Waals surface area (Å²) in [5, 5.41) is 10.2. The maximum absolute atomic E-state index is 12.1. The lowest BCUT2D eigenvalue weighted by Gasteiger charge is -2.19. The van der Waals surface area contributed by atoms with Gasteiger partial charge in [0.15, 0.2) is 11.0 Å². The Bertz CT molecular complexity index is 642. The lowest BCUT2D eigenvalue weighted by Crippen LogP contribution is -2.25. The molecule has 0 aliphatic heterocycles. The van der Waals surface area contributed by atoms with Gasteiger partial charge in [-0.25, -0.2) is 4.98 Å². The zero-order chi connectivity index (χ0) is 15.6. The molecular formula is C12H18N6O2S. The third kappa shape index (κ3) is 4.15. The van der Waals surface area contributed by atoms with E-state index in [0.717, 1.165) is 0 Å². The fraction of sp³-hybridized carbons (Fsp3) is 0.500. The van der Waals surface area contributed by atoms with Crippen LogP contribution in [0.1, 0.15) is 42.2 Å². The summed E-state index contributed by atoms with van der Waals surface area (Å²) in [4.78, 5) is 20.6. The van der Waals surface area contributed by atoms with E-state index in [0.29, 0.717) is 21.7 Å². The van der Waals surface area contributed by atoms with E-state index in [1.54, 1.807) is 6.92 Å². The van der Waals surface area contributed by atoms with Gasteiger partial charge in [0.1, 0.15) is 10.7 Å². The number of hydrogen-bond acceptors (Lipinski definition) is 8. The van der Waals surface area contributed by atoms with E-state index in [9.17, 15) is 4.79 Å². The number of carbonyl (C=O) groups is 1. The van der Waals surface area contributed by atoms with Crippen molar-refractivity contribution in [2.24, 2.45) is 0 Å². The van der Waals surface area contributed by atoms with E-state index in [1.807, 2.05) is 20.8 Å². The third-order valence-electron chi connectivity index (χ3n) is 2.32. The molecule has 0 saturated carbocycles. The van der Waals surface area contributed by atoms with E-state index in [4.69, 9.17) is 10.3 Å². The van der Waals surface area contributed by atoms with Crippen molar-refractivity contribution in [2.45, 2.75) is 39.8 Å². The van der Waals surface area contributed by atoms with Crippen molar-refractivity contribution in [2.75, 3.05) is 11.1 Å². The topological polar surface area (TPSA) is 119 Å². The lowest BCUT2D eigenvalue weighted by atomic mass is 10.1. The van der Waals surface area contributed by atoms with Gasteiger partial charge in [0.2, 0.25) is 5.89 Å². The second-order valence-electron chi connectivity index (χ2n) is 5.52. The summed E-state index contributed by atoms with van der Waals surface area (Å²) >= 11 is 1.21. The summed E-state index contributed by atoms with van der Waals surface area (Å²) < 4.78 is 4.83. The van der Waals surface area contributed by atoms with Crippen LogP contribution >= 0.6 is 11.3 Å². The van der Waals surface area contributed by atoms with Gasteiger partial charge in [-0.15, -0.1) is 0 Å². The first-order chi connectivity index (χ1) is 9.74. The van der Waals surface area contributed by atoms with Crippen molar-refractivity contribution in [3.8, 4) is 0 Å². The molecule has 0 aliphatic carbocycles. The molecule has 0 saturated heterocycles. The van der Waals surface area contributed by atoms with Gasteiger partial charge >= 0.3 is 0 Å². The first-order valence-electron chi connectivity index (χ1n) is 6.36. The van der Waals surface area contributed by atoms with Crippen LogP contribution in [0.3, 0.4) is 0 Å². The number of anilines is 2. The number of nitrogens with two attached hydrogens (primary N) is 1. The number of nitrogens with one attached hydrogen (secondary N) is 2. The van der Waals surface area contributed by atoms with Gasteiger partial charge in [0, 0.05) is 12.5 Å². The van der Waals surface area contributed by atoms with E-state index in [2.05, 4.69) is 25.8 Å². The molecular weight excluding hydrogens is 292 g/mol. The fourth-order valence-corrected chi connectivity index (χ4v) is 2.53. The maximum atomic E-state index is 12.1. The molecule has 2 aromatic heterocycles. The molecule has 0 radical (unpaired) electrons. The quantitative estimate of drug-likeness (QED) is 0.784. The number of nitrogen functional groups attached to an aromatic ring is 1. The second kappa shape index (κ2) is 5.68. The van der Waals surface area contributed by atoms with E-state index < -0.39 is 0 Å². The molecule has 0 unspecified atom stereocenters. The molecule has 4 N–H and O–H groups in total. The van der Waals surface area contributed by atoms with Crippen molar-refractivity contribution >= 4 is 28.2 Å². The highest BCUT2D eigenvalue weighted by Gasteiger charge is 2.19. The van der Waals surface area contributed by atoms with Gasteiger partial charge in [-0.05, 0) is 20.8 Å². The molecule has 0 bridgehead atoms. The highest BCUT2D eigenvalue weighted by molar-refractivity contribution is 7.18. The molecule has 0 aliphatic rings. The average molecular weight is 310 g/mol. The lowest BCUT2D eigenvalue weighted by molar-refractivity contribution is 0.0954. The molecule has 8 nitrogen and oxygen atoms in total. The number of nitrogens with zero attached hydrogens (tertiary/aromatic N) is 3. The van der Waals surface area contributed by atoms with Crippen molar-refractivity contribution in [1.29, 1.82) is 0 Å². The Kier molecular flexibility index (Phi) is 4.12. The Labute approximate surface area is 126 Å². The Morgan fingerprint density at radius 2 is 2.10 bits per heavy atom. The van der Waals surface area contributed by atoms with E-state index in [-0.39, 0.29) is 23.8 Å². The predicted octanol–water partition coefficient (Wildman–Crippen LogP) is 1.56. The SMILES string of the molecule is Cc1nc(CNC(=O)c2sc(NC(C)(C)C)nc2N)no1. The van der Waals surface area contributed by atoms with Crippen LogP contribution in [0.5, 0.6) is 0 Å². The minimum Gasteiger partial charge on any atom is -0.382 e. The van der Waals surface area contributed by atoms with Gasteiger partial charge < -0.3 is 20.9 Å². The molecule has 0 atom stereocenters. The minimum atomic E-state index is -0.311. The molecule has 9 heteroatoms. The fourth-order valence-electron chi connectivity index (χ4n) is 1.52. The summed E-state index contributed by atoms with van der Waals surface area (Å²) in [6.45, 7) is 7.87. The molecule has 1 amide bonds. The number of amides is 1. The summed E-state index contributed by atoms with van der Waals surface area (Å²) in [6, 6.07) is 0. The molecule has 114 valence electrons. The van der Waals surface area contributed by atoms with Crippen molar-refractivity contribution in [1.82, 2.24) is 20.4 Å². The van der Waals surface area contributed by atoms with Crippen LogP contribution in [0.2, 0.25) is 0 Å². The standard InChI is InChI=1S/C12H18N6O2S/c1-6-15-7(18-20-6)5-14-10(19)8-9(13)16-11(21-8)17-12(2,3)4/h5,13H2,1-4H3,(H,14,19)(H,16,17). The zero-order valence-corrected chi connectivity index (χ0v) is 13.2. The van der Waals surface area contributed by atoms with Crippen molar-refractivity contribution in [3.05, 3.63) is 16.6 Å². The number of thiazole rings is 1. The Hall–Kier alpha value is -2.16. The van der Waals surface area contributed by atoms with Gasteiger partial charge in [0.25, 0.3) is 5.91 Å². The predicted molar refractivity (Wildman–Crippen MR) is 80.1 cm³/mol. The van der Waals surface area contributed by atoms with E-state index >= 15 is 0 Å². The summed E-state index contributed by atoms with van der Waals surface area (Å²) in [7, 11) is 0. The van der Waals surface area contributed by atoms with Crippen LogP contribution < -0.4 is 16.4 Å². The molecule has 0 fully saturated rings. The van der Waals surface area contributed by atoms with E-state index in [1.165, 1.54) is 11.3 Å². The second-order valence-corrected chi connectivity index (χ2v) is 6.52. The molecule has 21 heavy (non-hydrogen) atoms. The number of rotatable bonds is 4. The van der Waals surface area contributed by atoms with Crippen LogP contribution in [0, 0.1) is 6.92 Å². The smallest absolute Gasteiger partial charge is 0.265 e. The first-order valence-corrected chi connectivity index (χ1v) is 7.18. The normalized spacial score (nSPS) is 11.4. The minimum absolute atomic E-state index is 0.153. The highest BCUT2D eigenvalue weighted by atomic mass is 32.1. The Morgan fingerprint density at radius 1 is 1.38 bits per heavy atom. The van der Waals surface area contributed by atoms with Crippen LogP contribution in [0.15, 0.2) is 4.52 Å². The molecule has 2 heterocycles. The number of aryl methyl sites for hydroxylation is 1. The Morgan fingerprint density at radius 3 is 2.67 bits per heavy atom. The van der Waals surface area contributed by atoms with Crippen LogP contribution in [0.25, 0.3) is 0 Å². The number of carbonyl (C=O) groups excluding carboxylic acids is 1. The first kappa shape index (κ1) is 15.2. The average Bonchev–Trinajstić information content (AvgIpc) is 2.90.